The van der Waals surface area contributed by atoms with E-state index in [1.54, 1.807) is 6.07 Å². The molecule has 3 N–H and O–H groups in total. The molecule has 3 rings (SSSR count). The predicted octanol–water partition coefficient (Wildman–Crippen LogP) is 3.40. The van der Waals surface area contributed by atoms with Crippen LogP contribution in [0.25, 0.3) is 0 Å². The predicted molar refractivity (Wildman–Crippen MR) is 86.6 cm³/mol. The molecule has 0 bridgehead atoms. The molecule has 108 valence electrons. The number of aryl methyl sites for hydroxylation is 3. The average molecular weight is 301 g/mol. The van der Waals surface area contributed by atoms with Crippen LogP contribution in [0.2, 0.25) is 0 Å². The van der Waals surface area contributed by atoms with Crippen molar-refractivity contribution in [3.8, 4) is 0 Å². The lowest BCUT2D eigenvalue weighted by atomic mass is 10.1. The van der Waals surface area contributed by atoms with Crippen molar-refractivity contribution in [3.63, 3.8) is 0 Å². The van der Waals surface area contributed by atoms with E-state index in [0.717, 1.165) is 30.5 Å². The van der Waals surface area contributed by atoms with Gasteiger partial charge in [0.2, 0.25) is 0 Å². The van der Waals surface area contributed by atoms with E-state index in [0.29, 0.717) is 17.1 Å². The molecule has 3 nitrogen and oxygen atoms in total. The number of anilines is 2. The number of benzene rings is 1. The zero-order chi connectivity index (χ0) is 15.0. The third kappa shape index (κ3) is 2.74. The summed E-state index contributed by atoms with van der Waals surface area (Å²) in [5, 5.41) is 3.03. The molecule has 1 aliphatic carbocycles. The number of pyridine rings is 1. The highest BCUT2D eigenvalue weighted by atomic mass is 32.1. The SMILES string of the molecule is Cc1ccc(Nc2nc3c(cc2C(N)=S)CCC3)c(F)c1. The summed E-state index contributed by atoms with van der Waals surface area (Å²) < 4.78 is 14.0. The Labute approximate surface area is 128 Å². The lowest BCUT2D eigenvalue weighted by molar-refractivity contribution is 0.630. The number of aromatic nitrogens is 1. The largest absolute Gasteiger partial charge is 0.389 e. The van der Waals surface area contributed by atoms with Crippen LogP contribution in [0.15, 0.2) is 24.3 Å². The topological polar surface area (TPSA) is 50.9 Å². The molecule has 21 heavy (non-hydrogen) atoms. The molecule has 1 aliphatic rings. The summed E-state index contributed by atoms with van der Waals surface area (Å²) in [7, 11) is 0. The molecule has 0 fully saturated rings. The Hall–Kier alpha value is -2.01. The van der Waals surface area contributed by atoms with Gasteiger partial charge < -0.3 is 11.1 Å². The summed E-state index contributed by atoms with van der Waals surface area (Å²) >= 11 is 5.09. The zero-order valence-corrected chi connectivity index (χ0v) is 12.6. The minimum absolute atomic E-state index is 0.271. The molecule has 0 amide bonds. The van der Waals surface area contributed by atoms with Crippen molar-refractivity contribution in [2.24, 2.45) is 5.73 Å². The lowest BCUT2D eigenvalue weighted by Gasteiger charge is -2.13. The number of hydrogen-bond donors (Lipinski definition) is 2. The van der Waals surface area contributed by atoms with Crippen molar-refractivity contribution in [3.05, 3.63) is 52.5 Å². The molecule has 1 aromatic heterocycles. The standard InChI is InChI=1S/C16H16FN3S/c1-9-5-6-14(12(17)7-9)20-16-11(15(18)21)8-10-3-2-4-13(10)19-16/h5-8H,2-4H2,1H3,(H2,18,21)(H,19,20). The smallest absolute Gasteiger partial charge is 0.146 e. The van der Waals surface area contributed by atoms with Crippen molar-refractivity contribution in [1.29, 1.82) is 0 Å². The first-order valence-corrected chi connectivity index (χ1v) is 7.31. The maximum absolute atomic E-state index is 14.0. The molecular formula is C16H16FN3S. The molecule has 0 atom stereocenters. The first-order chi connectivity index (χ1) is 10.0. The van der Waals surface area contributed by atoms with E-state index in [4.69, 9.17) is 18.0 Å². The molecule has 0 spiro atoms. The third-order valence-electron chi connectivity index (χ3n) is 3.69. The van der Waals surface area contributed by atoms with Gasteiger partial charge in [0.1, 0.15) is 16.6 Å². The number of nitrogens with two attached hydrogens (primary N) is 1. The molecule has 0 aliphatic heterocycles. The van der Waals surface area contributed by atoms with Gasteiger partial charge in [0, 0.05) is 5.69 Å². The first kappa shape index (κ1) is 13.9. The van der Waals surface area contributed by atoms with E-state index in [9.17, 15) is 4.39 Å². The monoisotopic (exact) mass is 301 g/mol. The summed E-state index contributed by atoms with van der Waals surface area (Å²) in [5.74, 6) is 0.220. The van der Waals surface area contributed by atoms with Crippen molar-refractivity contribution < 1.29 is 4.39 Å². The van der Waals surface area contributed by atoms with E-state index in [-0.39, 0.29) is 10.8 Å². The summed E-state index contributed by atoms with van der Waals surface area (Å²) in [6, 6.07) is 7.00. The molecule has 0 saturated heterocycles. The highest BCUT2D eigenvalue weighted by Gasteiger charge is 2.18. The number of halogens is 1. The van der Waals surface area contributed by atoms with Crippen molar-refractivity contribution in [2.75, 3.05) is 5.32 Å². The number of nitrogens with zero attached hydrogens (tertiary/aromatic N) is 1. The van der Waals surface area contributed by atoms with Gasteiger partial charge in [-0.1, -0.05) is 18.3 Å². The molecule has 1 aromatic carbocycles. The second kappa shape index (κ2) is 5.41. The second-order valence-corrected chi connectivity index (χ2v) is 5.76. The van der Waals surface area contributed by atoms with Crippen LogP contribution in [-0.2, 0) is 12.8 Å². The summed E-state index contributed by atoms with van der Waals surface area (Å²) in [6.45, 7) is 1.85. The zero-order valence-electron chi connectivity index (χ0n) is 11.7. The fraction of sp³-hybridized carbons (Fsp3) is 0.250. The maximum atomic E-state index is 14.0. The van der Waals surface area contributed by atoms with Crippen LogP contribution in [0.3, 0.4) is 0 Å². The Bertz CT molecular complexity index is 728. The Morgan fingerprint density at radius 1 is 1.33 bits per heavy atom. The van der Waals surface area contributed by atoms with Gasteiger partial charge in [-0.3, -0.25) is 0 Å². The number of hydrogen-bond acceptors (Lipinski definition) is 3. The van der Waals surface area contributed by atoms with Gasteiger partial charge in [0.15, 0.2) is 0 Å². The van der Waals surface area contributed by atoms with E-state index in [1.165, 1.54) is 11.6 Å². The molecule has 2 aromatic rings. The minimum atomic E-state index is -0.314. The number of nitrogens with one attached hydrogen (secondary N) is 1. The quantitative estimate of drug-likeness (QED) is 0.853. The highest BCUT2D eigenvalue weighted by molar-refractivity contribution is 7.80. The van der Waals surface area contributed by atoms with Crippen LogP contribution >= 0.6 is 12.2 Å². The number of rotatable bonds is 3. The Morgan fingerprint density at radius 2 is 2.14 bits per heavy atom. The lowest BCUT2D eigenvalue weighted by Crippen LogP contribution is -2.14. The fourth-order valence-electron chi connectivity index (χ4n) is 2.60. The van der Waals surface area contributed by atoms with Crippen LogP contribution in [0.5, 0.6) is 0 Å². The van der Waals surface area contributed by atoms with Gasteiger partial charge in [0.25, 0.3) is 0 Å². The maximum Gasteiger partial charge on any atom is 0.146 e. The Kier molecular flexibility index (Phi) is 3.59. The number of thiocarbonyl (C=S) groups is 1. The van der Waals surface area contributed by atoms with Crippen LogP contribution in [0.4, 0.5) is 15.9 Å². The van der Waals surface area contributed by atoms with Crippen LogP contribution in [0, 0.1) is 12.7 Å². The normalized spacial score (nSPS) is 13.0. The fourth-order valence-corrected chi connectivity index (χ4v) is 2.76. The van der Waals surface area contributed by atoms with Crippen LogP contribution < -0.4 is 11.1 Å². The van der Waals surface area contributed by atoms with Crippen LogP contribution in [-0.4, -0.2) is 9.97 Å². The summed E-state index contributed by atoms with van der Waals surface area (Å²) in [5.41, 5.74) is 9.94. The third-order valence-corrected chi connectivity index (χ3v) is 3.91. The Morgan fingerprint density at radius 3 is 2.86 bits per heavy atom. The van der Waals surface area contributed by atoms with Crippen molar-refractivity contribution in [2.45, 2.75) is 26.2 Å². The average Bonchev–Trinajstić information content (AvgIpc) is 2.88. The van der Waals surface area contributed by atoms with Crippen molar-refractivity contribution in [1.82, 2.24) is 4.98 Å². The minimum Gasteiger partial charge on any atom is -0.389 e. The van der Waals surface area contributed by atoms with Gasteiger partial charge in [-0.15, -0.1) is 0 Å². The Balaban J connectivity index is 2.03. The van der Waals surface area contributed by atoms with E-state index < -0.39 is 0 Å². The number of fused-ring (bicyclic) bond motifs is 1. The molecule has 1 heterocycles. The van der Waals surface area contributed by atoms with E-state index >= 15 is 0 Å². The van der Waals surface area contributed by atoms with Gasteiger partial charge in [-0.2, -0.15) is 0 Å². The first-order valence-electron chi connectivity index (χ1n) is 6.90. The molecular weight excluding hydrogens is 285 g/mol. The van der Waals surface area contributed by atoms with Crippen molar-refractivity contribution >= 4 is 28.7 Å². The molecule has 0 saturated carbocycles. The van der Waals surface area contributed by atoms with Crippen LogP contribution in [0.1, 0.15) is 28.8 Å². The molecule has 0 unspecified atom stereocenters. The van der Waals surface area contributed by atoms with E-state index in [1.807, 2.05) is 19.1 Å². The van der Waals surface area contributed by atoms with Gasteiger partial charge in [0.05, 0.1) is 11.3 Å². The molecule has 5 heteroatoms. The summed E-state index contributed by atoms with van der Waals surface area (Å²) in [6.07, 6.45) is 3.02. The van der Waals surface area contributed by atoms with Gasteiger partial charge in [-0.25, -0.2) is 9.37 Å². The highest BCUT2D eigenvalue weighted by Crippen LogP contribution is 2.28. The van der Waals surface area contributed by atoms with E-state index in [2.05, 4.69) is 10.3 Å². The van der Waals surface area contributed by atoms with Gasteiger partial charge >= 0.3 is 0 Å². The van der Waals surface area contributed by atoms with Gasteiger partial charge in [-0.05, 0) is 55.5 Å². The summed E-state index contributed by atoms with van der Waals surface area (Å²) in [4.78, 5) is 4.86. The second-order valence-electron chi connectivity index (χ2n) is 5.32. The molecule has 0 radical (unpaired) electrons.